The Labute approximate surface area is 183 Å². The second kappa shape index (κ2) is 8.99. The minimum Gasteiger partial charge on any atom is -0.384 e. The minimum atomic E-state index is -0.0837. The van der Waals surface area contributed by atoms with Crippen molar-refractivity contribution in [1.82, 2.24) is 9.78 Å². The Morgan fingerprint density at radius 2 is 1.72 bits per heavy atom. The quantitative estimate of drug-likeness (QED) is 0.291. The third kappa shape index (κ3) is 4.81. The van der Waals surface area contributed by atoms with E-state index in [4.69, 9.17) is 45.9 Å². The highest BCUT2D eigenvalue weighted by molar-refractivity contribution is 6.36. The number of amidine groups is 1. The highest BCUT2D eigenvalue weighted by Gasteiger charge is 2.21. The lowest BCUT2D eigenvalue weighted by molar-refractivity contribution is 0.0982. The molecule has 0 aliphatic carbocycles. The van der Waals surface area contributed by atoms with Crippen molar-refractivity contribution < 1.29 is 4.79 Å². The van der Waals surface area contributed by atoms with Gasteiger partial charge in [-0.05, 0) is 31.0 Å². The van der Waals surface area contributed by atoms with Gasteiger partial charge in [0.2, 0.25) is 0 Å². The van der Waals surface area contributed by atoms with Gasteiger partial charge in [0.25, 0.3) is 0 Å². The second-order valence-corrected chi connectivity index (χ2v) is 7.82. The zero-order valence-electron chi connectivity index (χ0n) is 15.7. The van der Waals surface area contributed by atoms with Crippen LogP contribution in [-0.4, -0.2) is 21.4 Å². The Balaban J connectivity index is 1.75. The molecule has 0 saturated carbocycles. The van der Waals surface area contributed by atoms with E-state index in [0.717, 1.165) is 5.56 Å². The monoisotopic (exact) mass is 448 g/mol. The summed E-state index contributed by atoms with van der Waals surface area (Å²) in [6.07, 6.45) is 0.840. The maximum Gasteiger partial charge on any atom is 0.168 e. The number of nitrogens with one attached hydrogen (secondary N) is 1. The molecule has 150 valence electrons. The Morgan fingerprint density at radius 1 is 1.10 bits per heavy atom. The molecule has 0 atom stereocenters. The normalized spacial score (nSPS) is 10.9. The Morgan fingerprint density at radius 3 is 2.31 bits per heavy atom. The average molecular weight is 450 g/mol. The number of aromatic nitrogens is 2. The van der Waals surface area contributed by atoms with Gasteiger partial charge in [-0.15, -0.1) is 0 Å². The predicted molar refractivity (Wildman–Crippen MR) is 118 cm³/mol. The molecule has 1 aromatic heterocycles. The van der Waals surface area contributed by atoms with Crippen molar-refractivity contribution in [3.63, 3.8) is 0 Å². The van der Waals surface area contributed by atoms with Crippen molar-refractivity contribution in [2.75, 3.05) is 0 Å². The number of halogens is 3. The van der Waals surface area contributed by atoms with Crippen LogP contribution in [0.3, 0.4) is 0 Å². The number of hydrogen-bond acceptors (Lipinski definition) is 3. The maximum atomic E-state index is 12.8. The highest BCUT2D eigenvalue weighted by atomic mass is 35.5. The van der Waals surface area contributed by atoms with Crippen LogP contribution in [0.25, 0.3) is 0 Å². The molecular formula is C21H19Cl3N4O. The van der Waals surface area contributed by atoms with Crippen molar-refractivity contribution in [3.05, 3.63) is 85.6 Å². The molecule has 0 radical (unpaired) electrons. The van der Waals surface area contributed by atoms with Crippen LogP contribution in [0.15, 0.2) is 42.5 Å². The van der Waals surface area contributed by atoms with E-state index in [1.54, 1.807) is 41.9 Å². The summed E-state index contributed by atoms with van der Waals surface area (Å²) in [6.45, 7) is 2.03. The first-order chi connectivity index (χ1) is 13.8. The SMILES string of the molecule is Cc1nn(Cc2c(Cl)cccc2Cl)c(Cl)c1C(=O)CCc1ccc(C(=N)N)cc1. The largest absolute Gasteiger partial charge is 0.384 e. The standard InChI is InChI=1S/C21H19Cl3N4O/c1-12-19(18(29)10-7-13-5-8-14(9-6-13)21(25)26)20(24)28(27-12)11-15-16(22)3-2-4-17(15)23/h2-6,8-9H,7,10-11H2,1H3,(H3,25,26). The van der Waals surface area contributed by atoms with Gasteiger partial charge >= 0.3 is 0 Å². The fourth-order valence-corrected chi connectivity index (χ4v) is 3.90. The summed E-state index contributed by atoms with van der Waals surface area (Å²) in [5.74, 6) is -0.0688. The number of ketones is 1. The van der Waals surface area contributed by atoms with Gasteiger partial charge in [0, 0.05) is 27.6 Å². The first kappa shape index (κ1) is 21.4. The molecule has 1 heterocycles. The van der Waals surface area contributed by atoms with E-state index in [-0.39, 0.29) is 23.3 Å². The average Bonchev–Trinajstić information content (AvgIpc) is 2.96. The Bertz CT molecular complexity index is 1050. The molecule has 0 bridgehead atoms. The van der Waals surface area contributed by atoms with Gasteiger partial charge in [-0.25, -0.2) is 4.68 Å². The number of nitrogens with two attached hydrogens (primary N) is 1. The molecule has 0 fully saturated rings. The molecule has 2 aromatic carbocycles. The molecule has 3 aromatic rings. The van der Waals surface area contributed by atoms with Crippen LogP contribution >= 0.6 is 34.8 Å². The molecule has 29 heavy (non-hydrogen) atoms. The van der Waals surface area contributed by atoms with Gasteiger partial charge in [0.05, 0.1) is 17.8 Å². The second-order valence-electron chi connectivity index (χ2n) is 6.64. The lowest BCUT2D eigenvalue weighted by atomic mass is 10.0. The summed E-state index contributed by atoms with van der Waals surface area (Å²) in [4.78, 5) is 12.8. The lowest BCUT2D eigenvalue weighted by Crippen LogP contribution is -2.10. The van der Waals surface area contributed by atoms with E-state index in [2.05, 4.69) is 5.10 Å². The molecular weight excluding hydrogens is 431 g/mol. The van der Waals surface area contributed by atoms with E-state index in [1.807, 2.05) is 12.1 Å². The number of benzene rings is 2. The minimum absolute atomic E-state index is 0.0149. The maximum absolute atomic E-state index is 12.8. The van der Waals surface area contributed by atoms with Gasteiger partial charge in [0.1, 0.15) is 11.0 Å². The van der Waals surface area contributed by atoms with Crippen molar-refractivity contribution in [3.8, 4) is 0 Å². The van der Waals surface area contributed by atoms with Crippen LogP contribution in [0.1, 0.15) is 39.2 Å². The first-order valence-electron chi connectivity index (χ1n) is 8.90. The van der Waals surface area contributed by atoms with Crippen LogP contribution in [-0.2, 0) is 13.0 Å². The summed E-state index contributed by atoms with van der Waals surface area (Å²) in [5, 5.41) is 13.1. The van der Waals surface area contributed by atoms with Gasteiger partial charge in [-0.3, -0.25) is 10.2 Å². The van der Waals surface area contributed by atoms with Crippen LogP contribution in [0.2, 0.25) is 15.2 Å². The van der Waals surface area contributed by atoms with Gasteiger partial charge in [-0.2, -0.15) is 5.10 Å². The summed E-state index contributed by atoms with van der Waals surface area (Å²) in [6, 6.07) is 12.5. The number of Topliss-reactive ketones (excluding diaryl/α,β-unsaturated/α-hetero) is 1. The van der Waals surface area contributed by atoms with Crippen molar-refractivity contribution in [1.29, 1.82) is 5.41 Å². The molecule has 0 aliphatic heterocycles. The third-order valence-electron chi connectivity index (χ3n) is 4.62. The van der Waals surface area contributed by atoms with Gasteiger partial charge < -0.3 is 5.73 Å². The molecule has 8 heteroatoms. The molecule has 5 nitrogen and oxygen atoms in total. The summed E-state index contributed by atoms with van der Waals surface area (Å²) < 4.78 is 1.54. The van der Waals surface area contributed by atoms with Crippen molar-refractivity contribution >= 4 is 46.4 Å². The Hall–Kier alpha value is -2.34. The number of aryl methyl sites for hydroxylation is 2. The molecule has 0 amide bonds. The zero-order chi connectivity index (χ0) is 21.1. The number of nitrogen functional groups attached to an aromatic ring is 1. The van der Waals surface area contributed by atoms with Gasteiger partial charge in [0.15, 0.2) is 5.78 Å². The van der Waals surface area contributed by atoms with E-state index >= 15 is 0 Å². The summed E-state index contributed by atoms with van der Waals surface area (Å²) in [7, 11) is 0. The van der Waals surface area contributed by atoms with E-state index in [0.29, 0.717) is 45.3 Å². The number of hydrogen-bond donors (Lipinski definition) is 2. The topological polar surface area (TPSA) is 84.8 Å². The van der Waals surface area contributed by atoms with Crippen LogP contribution in [0, 0.1) is 12.3 Å². The van der Waals surface area contributed by atoms with Gasteiger partial charge in [-0.1, -0.05) is 65.1 Å². The van der Waals surface area contributed by atoms with Crippen molar-refractivity contribution in [2.45, 2.75) is 26.3 Å². The summed E-state index contributed by atoms with van der Waals surface area (Å²) in [5.41, 5.74) is 8.77. The van der Waals surface area contributed by atoms with E-state index in [1.165, 1.54) is 0 Å². The molecule has 0 spiro atoms. The predicted octanol–water partition coefficient (Wildman–Crippen LogP) is 5.30. The first-order valence-corrected chi connectivity index (χ1v) is 10.0. The highest BCUT2D eigenvalue weighted by Crippen LogP contribution is 2.28. The van der Waals surface area contributed by atoms with Crippen LogP contribution in [0.4, 0.5) is 0 Å². The lowest BCUT2D eigenvalue weighted by Gasteiger charge is -2.08. The van der Waals surface area contributed by atoms with E-state index < -0.39 is 0 Å². The molecule has 3 N–H and O–H groups in total. The summed E-state index contributed by atoms with van der Waals surface area (Å²) >= 11 is 18.9. The number of carbonyl (C=O) groups excluding carboxylic acids is 1. The third-order valence-corrected chi connectivity index (χ3v) is 5.71. The van der Waals surface area contributed by atoms with Crippen molar-refractivity contribution in [2.24, 2.45) is 5.73 Å². The molecule has 0 saturated heterocycles. The number of nitrogens with zero attached hydrogens (tertiary/aromatic N) is 2. The Kier molecular flexibility index (Phi) is 6.63. The fourth-order valence-electron chi connectivity index (χ4n) is 3.04. The van der Waals surface area contributed by atoms with E-state index in [9.17, 15) is 4.79 Å². The molecule has 0 unspecified atom stereocenters. The van der Waals surface area contributed by atoms with Crippen LogP contribution in [0.5, 0.6) is 0 Å². The fraction of sp³-hybridized carbons (Fsp3) is 0.190. The smallest absolute Gasteiger partial charge is 0.168 e. The number of carbonyl (C=O) groups is 1. The molecule has 3 rings (SSSR count). The molecule has 0 aliphatic rings. The zero-order valence-corrected chi connectivity index (χ0v) is 17.9. The number of rotatable bonds is 7. The van der Waals surface area contributed by atoms with Crippen LogP contribution < -0.4 is 5.73 Å².